The smallest absolute Gasteiger partial charge is 0.235 e. The van der Waals surface area contributed by atoms with Gasteiger partial charge in [-0.25, -0.2) is 21.6 Å². The summed E-state index contributed by atoms with van der Waals surface area (Å²) in [5.41, 5.74) is 1.23. The number of nitrogens with zero attached hydrogens (tertiary/aromatic N) is 1. The minimum Gasteiger partial charge on any atom is -0.326 e. The Morgan fingerprint density at radius 3 is 2.24 bits per heavy atom. The summed E-state index contributed by atoms with van der Waals surface area (Å²) in [7, 11) is -6.52. The maximum Gasteiger partial charge on any atom is 0.235 e. The van der Waals surface area contributed by atoms with Gasteiger partial charge in [-0.05, 0) is 70.2 Å². The van der Waals surface area contributed by atoms with E-state index in [1.54, 1.807) is 38.1 Å². The Morgan fingerprint density at radius 1 is 1.10 bits per heavy atom. The van der Waals surface area contributed by atoms with Crippen molar-refractivity contribution in [1.29, 1.82) is 0 Å². The van der Waals surface area contributed by atoms with E-state index in [1.165, 1.54) is 4.31 Å². The standard InChI is InChI=1S/C19H29N3O5S2/c1-14(2)29(26,27)21-17-6-4-15(5-7-17)19(23)20-16-8-10-18(11-9-16)22-12-3-13-28(22,24)25/h8-11,14-15,17,21H,3-7,12-13H2,1-2H3,(H,20,23)/t15-,17-. The molecule has 2 aliphatic rings. The van der Waals surface area contributed by atoms with Crippen LogP contribution in [-0.2, 0) is 24.8 Å². The van der Waals surface area contributed by atoms with Gasteiger partial charge in [0.1, 0.15) is 0 Å². The maximum atomic E-state index is 12.6. The number of sulfonamides is 2. The highest BCUT2D eigenvalue weighted by atomic mass is 32.2. The number of rotatable bonds is 6. The van der Waals surface area contributed by atoms with Crippen LogP contribution in [0.5, 0.6) is 0 Å². The molecule has 1 amide bonds. The summed E-state index contributed by atoms with van der Waals surface area (Å²) in [6, 6.07) is 6.71. The molecule has 1 saturated heterocycles. The first-order valence-corrected chi connectivity index (χ1v) is 13.2. The van der Waals surface area contributed by atoms with Crippen LogP contribution in [0.1, 0.15) is 46.0 Å². The summed E-state index contributed by atoms with van der Waals surface area (Å²) in [5, 5.41) is 2.42. The van der Waals surface area contributed by atoms with Crippen molar-refractivity contribution in [3.05, 3.63) is 24.3 Å². The quantitative estimate of drug-likeness (QED) is 0.699. The zero-order valence-corrected chi connectivity index (χ0v) is 18.4. The van der Waals surface area contributed by atoms with Gasteiger partial charge in [0.15, 0.2) is 0 Å². The topological polar surface area (TPSA) is 113 Å². The van der Waals surface area contributed by atoms with Crippen LogP contribution >= 0.6 is 0 Å². The second-order valence-electron chi connectivity index (χ2n) is 8.04. The monoisotopic (exact) mass is 443 g/mol. The predicted molar refractivity (Wildman–Crippen MR) is 114 cm³/mol. The molecule has 10 heteroatoms. The van der Waals surface area contributed by atoms with E-state index in [1.807, 2.05) is 0 Å². The van der Waals surface area contributed by atoms with E-state index in [2.05, 4.69) is 10.0 Å². The van der Waals surface area contributed by atoms with Crippen LogP contribution in [0.3, 0.4) is 0 Å². The number of carbonyl (C=O) groups is 1. The molecule has 1 aromatic rings. The van der Waals surface area contributed by atoms with E-state index in [9.17, 15) is 21.6 Å². The van der Waals surface area contributed by atoms with Gasteiger partial charge in [-0.15, -0.1) is 0 Å². The van der Waals surface area contributed by atoms with Gasteiger partial charge in [-0.3, -0.25) is 9.10 Å². The summed E-state index contributed by atoms with van der Waals surface area (Å²) >= 11 is 0. The molecule has 0 radical (unpaired) electrons. The Morgan fingerprint density at radius 2 is 1.72 bits per heavy atom. The van der Waals surface area contributed by atoms with Crippen molar-refractivity contribution >= 4 is 37.3 Å². The zero-order valence-electron chi connectivity index (χ0n) is 16.8. The number of hydrogen-bond acceptors (Lipinski definition) is 5. The molecule has 1 heterocycles. The molecule has 2 fully saturated rings. The molecule has 162 valence electrons. The summed E-state index contributed by atoms with van der Waals surface area (Å²) in [5.74, 6) is -0.0771. The van der Waals surface area contributed by atoms with Crippen LogP contribution in [0.25, 0.3) is 0 Å². The lowest BCUT2D eigenvalue weighted by Gasteiger charge is -2.28. The summed E-state index contributed by atoms with van der Waals surface area (Å²) in [6.07, 6.45) is 3.14. The van der Waals surface area contributed by atoms with Crippen LogP contribution in [0.15, 0.2) is 24.3 Å². The van der Waals surface area contributed by atoms with E-state index < -0.39 is 25.3 Å². The normalized spacial score (nSPS) is 24.6. The predicted octanol–water partition coefficient (Wildman–Crippen LogP) is 2.05. The highest BCUT2D eigenvalue weighted by molar-refractivity contribution is 7.93. The Balaban J connectivity index is 1.52. The van der Waals surface area contributed by atoms with Crippen molar-refractivity contribution < 1.29 is 21.6 Å². The number of nitrogens with one attached hydrogen (secondary N) is 2. The lowest BCUT2D eigenvalue weighted by molar-refractivity contribution is -0.120. The molecular weight excluding hydrogens is 414 g/mol. The number of hydrogen-bond donors (Lipinski definition) is 2. The van der Waals surface area contributed by atoms with Crippen LogP contribution in [-0.4, -0.2) is 46.3 Å². The molecule has 0 aromatic heterocycles. The third-order valence-corrected chi connectivity index (χ3v) is 9.34. The number of carbonyl (C=O) groups excluding carboxylic acids is 1. The van der Waals surface area contributed by atoms with Gasteiger partial charge in [0.2, 0.25) is 26.0 Å². The first-order valence-electron chi connectivity index (χ1n) is 10.0. The van der Waals surface area contributed by atoms with Crippen LogP contribution < -0.4 is 14.3 Å². The van der Waals surface area contributed by atoms with Gasteiger partial charge in [-0.1, -0.05) is 0 Å². The second kappa shape index (κ2) is 8.61. The molecule has 1 aliphatic heterocycles. The molecule has 0 spiro atoms. The van der Waals surface area contributed by atoms with Crippen molar-refractivity contribution in [3.63, 3.8) is 0 Å². The second-order valence-corrected chi connectivity index (χ2v) is 12.3. The van der Waals surface area contributed by atoms with Crippen molar-refractivity contribution in [2.45, 2.75) is 57.2 Å². The van der Waals surface area contributed by atoms with E-state index in [0.717, 1.165) is 0 Å². The lowest BCUT2D eigenvalue weighted by atomic mass is 9.86. The van der Waals surface area contributed by atoms with E-state index in [-0.39, 0.29) is 23.6 Å². The molecule has 1 aromatic carbocycles. The van der Waals surface area contributed by atoms with E-state index in [4.69, 9.17) is 0 Å². The summed E-state index contributed by atoms with van der Waals surface area (Å²) in [6.45, 7) is 3.77. The largest absolute Gasteiger partial charge is 0.326 e. The summed E-state index contributed by atoms with van der Waals surface area (Å²) in [4.78, 5) is 12.6. The van der Waals surface area contributed by atoms with Crippen molar-refractivity contribution in [2.24, 2.45) is 5.92 Å². The van der Waals surface area contributed by atoms with Crippen molar-refractivity contribution in [2.75, 3.05) is 21.9 Å². The zero-order chi connectivity index (χ0) is 21.2. The molecule has 2 N–H and O–H groups in total. The number of benzene rings is 1. The van der Waals surface area contributed by atoms with Crippen molar-refractivity contribution in [1.82, 2.24) is 4.72 Å². The Hall–Kier alpha value is -1.65. The first kappa shape index (κ1) is 22.0. The van der Waals surface area contributed by atoms with Gasteiger partial charge in [0.25, 0.3) is 0 Å². The molecular formula is C19H29N3O5S2. The average molecular weight is 444 g/mol. The molecule has 8 nitrogen and oxygen atoms in total. The van der Waals surface area contributed by atoms with Crippen LogP contribution in [0.2, 0.25) is 0 Å². The fourth-order valence-electron chi connectivity index (χ4n) is 3.73. The summed E-state index contributed by atoms with van der Waals surface area (Å²) < 4.78 is 52.1. The SMILES string of the molecule is CC(C)S(=O)(=O)N[C@H]1CC[C@H](C(=O)Nc2ccc(N3CCCS3(=O)=O)cc2)CC1. The molecule has 0 unspecified atom stereocenters. The highest BCUT2D eigenvalue weighted by Crippen LogP contribution is 2.28. The van der Waals surface area contributed by atoms with Crippen LogP contribution in [0.4, 0.5) is 11.4 Å². The number of amides is 1. The molecule has 3 rings (SSSR count). The minimum atomic E-state index is -3.30. The Kier molecular flexibility index (Phi) is 6.54. The van der Waals surface area contributed by atoms with E-state index in [0.29, 0.717) is 50.0 Å². The Labute approximate surface area is 173 Å². The highest BCUT2D eigenvalue weighted by Gasteiger charge is 2.30. The van der Waals surface area contributed by atoms with Crippen LogP contribution in [0, 0.1) is 5.92 Å². The fourth-order valence-corrected chi connectivity index (χ4v) is 6.26. The Bertz CT molecular complexity index is 935. The van der Waals surface area contributed by atoms with E-state index >= 15 is 0 Å². The van der Waals surface area contributed by atoms with Gasteiger partial charge < -0.3 is 5.32 Å². The van der Waals surface area contributed by atoms with Gasteiger partial charge in [0.05, 0.1) is 16.7 Å². The number of anilines is 2. The van der Waals surface area contributed by atoms with Gasteiger partial charge in [-0.2, -0.15) is 0 Å². The van der Waals surface area contributed by atoms with Gasteiger partial charge >= 0.3 is 0 Å². The lowest BCUT2D eigenvalue weighted by Crippen LogP contribution is -2.42. The molecule has 1 saturated carbocycles. The molecule has 0 atom stereocenters. The van der Waals surface area contributed by atoms with Gasteiger partial charge in [0, 0.05) is 24.2 Å². The minimum absolute atomic E-state index is 0.0864. The molecule has 0 bridgehead atoms. The first-order chi connectivity index (χ1) is 13.6. The molecule has 29 heavy (non-hydrogen) atoms. The fraction of sp³-hybridized carbons (Fsp3) is 0.632. The average Bonchev–Trinajstić information content (AvgIpc) is 3.01. The third-order valence-electron chi connectivity index (χ3n) is 5.57. The van der Waals surface area contributed by atoms with Crippen molar-refractivity contribution in [3.8, 4) is 0 Å². The third kappa shape index (κ3) is 5.29. The molecule has 1 aliphatic carbocycles. The maximum absolute atomic E-state index is 12.6.